The number of carbonyl (C=O) groups is 4. The van der Waals surface area contributed by atoms with E-state index in [1.165, 1.54) is 0 Å². The second-order valence-electron chi connectivity index (χ2n) is 7.97. The Morgan fingerprint density at radius 1 is 0.871 bits per heavy atom. The maximum atomic E-state index is 12.3. The van der Waals surface area contributed by atoms with E-state index in [2.05, 4.69) is 5.32 Å². The van der Waals surface area contributed by atoms with Crippen molar-refractivity contribution in [3.63, 3.8) is 0 Å². The number of Topliss-reactive ketones (excluding diaryl/α,β-unsaturated/α-hetero) is 1. The Labute approximate surface area is 192 Å². The zero-order chi connectivity index (χ0) is 23.3. The molecule has 1 N–H and O–H groups in total. The molecular weight excluding hydrogens is 442 g/mol. The van der Waals surface area contributed by atoms with Crippen LogP contribution in [0.5, 0.6) is 0 Å². The minimum absolute atomic E-state index is 0.0461. The first-order valence-corrected chi connectivity index (χ1v) is 13.0. The summed E-state index contributed by atoms with van der Waals surface area (Å²) in [4.78, 5) is 50.8. The summed E-state index contributed by atoms with van der Waals surface area (Å²) in [5, 5.41) is 2.55. The van der Waals surface area contributed by atoms with E-state index in [1.54, 1.807) is 31.4 Å². The molecule has 0 radical (unpaired) electrons. The average Bonchev–Trinajstić information content (AvgIpc) is 2.73. The molecule has 31 heavy (non-hydrogen) atoms. The van der Waals surface area contributed by atoms with Gasteiger partial charge in [-0.15, -0.1) is 0 Å². The molecule has 1 rings (SSSR count). The number of hydrogen-bond donors (Lipinski definition) is 1. The molecule has 0 aromatic carbocycles. The first-order chi connectivity index (χ1) is 14.6. The Hall–Kier alpha value is -1.62. The van der Waals surface area contributed by atoms with E-state index in [0.29, 0.717) is 57.4 Å². The molecule has 0 aromatic heterocycles. The summed E-state index contributed by atoms with van der Waals surface area (Å²) in [5.41, 5.74) is -0.432. The Balaban J connectivity index is 2.10. The number of nitrogens with zero attached hydrogens (tertiary/aromatic N) is 2. The number of nitrogens with one attached hydrogen (secondary N) is 1. The summed E-state index contributed by atoms with van der Waals surface area (Å²) in [6.45, 7) is 10.3. The Morgan fingerprint density at radius 3 is 1.97 bits per heavy atom. The lowest BCUT2D eigenvalue weighted by Crippen LogP contribution is -2.50. The first kappa shape index (κ1) is 27.4. The third kappa shape index (κ3) is 11.5. The first-order valence-electron chi connectivity index (χ1n) is 10.5. The normalized spacial score (nSPS) is 14.2. The predicted molar refractivity (Wildman–Crippen MR) is 123 cm³/mol. The predicted octanol–water partition coefficient (Wildman–Crippen LogP) is 2.79. The van der Waals surface area contributed by atoms with Crippen LogP contribution in [-0.2, 0) is 19.1 Å². The molecule has 0 atom stereocenters. The van der Waals surface area contributed by atoms with E-state index in [1.807, 2.05) is 27.7 Å². The van der Waals surface area contributed by atoms with Gasteiger partial charge >= 0.3 is 12.2 Å². The van der Waals surface area contributed by atoms with Crippen LogP contribution in [0.15, 0.2) is 0 Å². The van der Waals surface area contributed by atoms with Gasteiger partial charge in [0.1, 0.15) is 19.0 Å². The number of ether oxygens (including phenoxy) is 2. The number of alkyl carbamates (subject to hydrolysis) is 1. The van der Waals surface area contributed by atoms with Gasteiger partial charge in [0.05, 0.1) is 0 Å². The smallest absolute Gasteiger partial charge is 0.409 e. The van der Waals surface area contributed by atoms with Gasteiger partial charge in [0, 0.05) is 62.5 Å². The van der Waals surface area contributed by atoms with Crippen molar-refractivity contribution in [3.05, 3.63) is 0 Å². The van der Waals surface area contributed by atoms with Crippen molar-refractivity contribution >= 4 is 45.5 Å². The van der Waals surface area contributed by atoms with Crippen LogP contribution < -0.4 is 5.32 Å². The number of rotatable bonds is 11. The minimum Gasteiger partial charge on any atom is -0.449 e. The molecule has 0 aliphatic carbocycles. The second kappa shape index (κ2) is 14.4. The highest BCUT2D eigenvalue weighted by molar-refractivity contribution is 8.76. The molecule has 0 aromatic rings. The van der Waals surface area contributed by atoms with Crippen LogP contribution in [0.3, 0.4) is 0 Å². The molecule has 0 unspecified atom stereocenters. The van der Waals surface area contributed by atoms with Crippen molar-refractivity contribution in [1.82, 2.24) is 15.1 Å². The third-order valence-electron chi connectivity index (χ3n) is 4.49. The minimum atomic E-state index is -0.432. The molecule has 1 aliphatic rings. The molecule has 1 fully saturated rings. The lowest BCUT2D eigenvalue weighted by Gasteiger charge is -2.34. The molecule has 178 valence electrons. The monoisotopic (exact) mass is 477 g/mol. The van der Waals surface area contributed by atoms with Crippen LogP contribution in [0.1, 0.15) is 40.5 Å². The van der Waals surface area contributed by atoms with E-state index in [4.69, 9.17) is 9.47 Å². The van der Waals surface area contributed by atoms with Crippen LogP contribution >= 0.6 is 21.6 Å². The highest BCUT2D eigenvalue weighted by atomic mass is 33.1. The fourth-order valence-corrected chi connectivity index (χ4v) is 4.28. The summed E-state index contributed by atoms with van der Waals surface area (Å²) < 4.78 is 10.2. The SMILES string of the molecule is CCNC(=O)OCCSSCCOC(=O)N1CCN(C(=O)CCC(=O)C(C)(C)C)CC1. The van der Waals surface area contributed by atoms with E-state index >= 15 is 0 Å². The Morgan fingerprint density at radius 2 is 1.42 bits per heavy atom. The zero-order valence-electron chi connectivity index (χ0n) is 18.9. The maximum Gasteiger partial charge on any atom is 0.409 e. The average molecular weight is 478 g/mol. The van der Waals surface area contributed by atoms with Crippen molar-refractivity contribution in [2.24, 2.45) is 5.41 Å². The topological polar surface area (TPSA) is 105 Å². The van der Waals surface area contributed by atoms with E-state index in [-0.39, 0.29) is 30.6 Å². The van der Waals surface area contributed by atoms with Crippen LogP contribution in [0.4, 0.5) is 9.59 Å². The number of ketones is 1. The lowest BCUT2D eigenvalue weighted by molar-refractivity contribution is -0.136. The van der Waals surface area contributed by atoms with Crippen LogP contribution in [-0.4, -0.2) is 91.1 Å². The highest BCUT2D eigenvalue weighted by Gasteiger charge is 2.27. The van der Waals surface area contributed by atoms with Gasteiger partial charge in [-0.2, -0.15) is 0 Å². The Kier molecular flexibility index (Phi) is 12.8. The molecule has 0 saturated carbocycles. The molecular formula is C20H35N3O6S2. The second-order valence-corrected chi connectivity index (χ2v) is 10.7. The number of hydrogen-bond acceptors (Lipinski definition) is 8. The van der Waals surface area contributed by atoms with Gasteiger partial charge in [0.2, 0.25) is 5.91 Å². The molecule has 1 aliphatic heterocycles. The standard InChI is InChI=1S/C20H35N3O6S2/c1-5-21-18(26)28-12-14-30-31-15-13-29-19(27)23-10-8-22(9-11-23)17(25)7-6-16(24)20(2,3)4/h5-15H2,1-4H3,(H,21,26). The fraction of sp³-hybridized carbons (Fsp3) is 0.800. The highest BCUT2D eigenvalue weighted by Crippen LogP contribution is 2.20. The molecule has 0 bridgehead atoms. The van der Waals surface area contributed by atoms with E-state index in [0.717, 1.165) is 0 Å². The van der Waals surface area contributed by atoms with Gasteiger partial charge in [0.15, 0.2) is 0 Å². The summed E-state index contributed by atoms with van der Waals surface area (Å²) >= 11 is 0. The van der Waals surface area contributed by atoms with Gasteiger partial charge < -0.3 is 24.6 Å². The molecule has 3 amide bonds. The summed E-state index contributed by atoms with van der Waals surface area (Å²) in [6, 6.07) is 0. The van der Waals surface area contributed by atoms with Gasteiger partial charge in [-0.1, -0.05) is 42.4 Å². The van der Waals surface area contributed by atoms with Gasteiger partial charge in [-0.25, -0.2) is 9.59 Å². The molecule has 9 nitrogen and oxygen atoms in total. The summed E-state index contributed by atoms with van der Waals surface area (Å²) in [7, 11) is 3.10. The third-order valence-corrected chi connectivity index (χ3v) is 6.82. The van der Waals surface area contributed by atoms with E-state index < -0.39 is 11.5 Å². The van der Waals surface area contributed by atoms with Crippen LogP contribution in [0.2, 0.25) is 0 Å². The fourth-order valence-electron chi connectivity index (χ4n) is 2.63. The van der Waals surface area contributed by atoms with Gasteiger partial charge in [0.25, 0.3) is 0 Å². The molecule has 11 heteroatoms. The number of piperazine rings is 1. The van der Waals surface area contributed by atoms with Crippen LogP contribution in [0.25, 0.3) is 0 Å². The van der Waals surface area contributed by atoms with Crippen molar-refractivity contribution in [2.75, 3.05) is 57.4 Å². The summed E-state index contributed by atoms with van der Waals surface area (Å²) in [6.07, 6.45) is -0.329. The van der Waals surface area contributed by atoms with Crippen molar-refractivity contribution in [2.45, 2.75) is 40.5 Å². The van der Waals surface area contributed by atoms with E-state index in [9.17, 15) is 19.2 Å². The Bertz CT molecular complexity index is 604. The van der Waals surface area contributed by atoms with Crippen LogP contribution in [0, 0.1) is 5.41 Å². The molecule has 0 spiro atoms. The molecule has 1 heterocycles. The zero-order valence-corrected chi connectivity index (χ0v) is 20.6. The number of amides is 3. The van der Waals surface area contributed by atoms with Gasteiger partial charge in [-0.3, -0.25) is 9.59 Å². The van der Waals surface area contributed by atoms with Crippen molar-refractivity contribution < 1.29 is 28.7 Å². The maximum absolute atomic E-state index is 12.3. The lowest BCUT2D eigenvalue weighted by atomic mass is 9.88. The number of carbonyl (C=O) groups excluding carboxylic acids is 4. The van der Waals surface area contributed by atoms with Crippen molar-refractivity contribution in [3.8, 4) is 0 Å². The van der Waals surface area contributed by atoms with Gasteiger partial charge in [-0.05, 0) is 6.92 Å². The summed E-state index contributed by atoms with van der Waals surface area (Å²) in [5.74, 6) is 1.33. The quantitative estimate of drug-likeness (QED) is 0.358. The van der Waals surface area contributed by atoms with Crippen molar-refractivity contribution in [1.29, 1.82) is 0 Å². The molecule has 1 saturated heterocycles. The largest absolute Gasteiger partial charge is 0.449 e.